The molecule has 3 rings (SSSR count). The lowest BCUT2D eigenvalue weighted by Crippen LogP contribution is -1.94. The Morgan fingerprint density at radius 1 is 1.06 bits per heavy atom. The predicted molar refractivity (Wildman–Crippen MR) is 81.6 cm³/mol. The molecule has 18 heavy (non-hydrogen) atoms. The van der Waals surface area contributed by atoms with Crippen molar-refractivity contribution in [3.63, 3.8) is 0 Å². The Bertz CT molecular complexity index is 656. The van der Waals surface area contributed by atoms with E-state index in [1.54, 1.807) is 0 Å². The minimum atomic E-state index is 0.171. The fourth-order valence-electron chi connectivity index (χ4n) is 2.27. The van der Waals surface area contributed by atoms with Crippen LogP contribution in [-0.2, 0) is 6.42 Å². The van der Waals surface area contributed by atoms with Crippen molar-refractivity contribution in [1.29, 1.82) is 0 Å². The van der Waals surface area contributed by atoms with E-state index in [1.165, 1.54) is 3.57 Å². The third-order valence-electron chi connectivity index (χ3n) is 3.12. The molecule has 0 radical (unpaired) electrons. The minimum Gasteiger partial charge on any atom is -0.289 e. The number of Topliss-reactive ketones (excluding diaryl/α,β-unsaturated/α-hetero) is 1. The fourth-order valence-corrected chi connectivity index (χ4v) is 2.84. The van der Waals surface area contributed by atoms with Gasteiger partial charge in [0.1, 0.15) is 0 Å². The molecule has 0 heterocycles. The normalized spacial score (nSPS) is 16.1. The first-order valence-electron chi connectivity index (χ1n) is 5.83. The summed E-state index contributed by atoms with van der Waals surface area (Å²) in [6.45, 7) is 0. The van der Waals surface area contributed by atoms with Crippen molar-refractivity contribution in [1.82, 2.24) is 0 Å². The average Bonchev–Trinajstić information content (AvgIpc) is 2.67. The molecule has 1 aliphatic rings. The van der Waals surface area contributed by atoms with Crippen LogP contribution in [0.15, 0.2) is 54.1 Å². The molecule has 2 aromatic rings. The summed E-state index contributed by atoms with van der Waals surface area (Å²) in [6.07, 6.45) is 2.75. The molecule has 0 amide bonds. The molecule has 0 bridgehead atoms. The number of hydrogen-bond donors (Lipinski definition) is 0. The molecule has 2 aromatic carbocycles. The minimum absolute atomic E-state index is 0.171. The summed E-state index contributed by atoms with van der Waals surface area (Å²) in [5, 5.41) is 0. The number of halogens is 1. The van der Waals surface area contributed by atoms with Crippen molar-refractivity contribution >= 4 is 34.5 Å². The molecule has 88 valence electrons. The average molecular weight is 346 g/mol. The van der Waals surface area contributed by atoms with Gasteiger partial charge in [-0.3, -0.25) is 4.79 Å². The highest BCUT2D eigenvalue weighted by Gasteiger charge is 2.23. The van der Waals surface area contributed by atoms with Gasteiger partial charge in [-0.1, -0.05) is 36.4 Å². The zero-order chi connectivity index (χ0) is 12.5. The van der Waals surface area contributed by atoms with E-state index in [0.29, 0.717) is 0 Å². The number of rotatable bonds is 1. The zero-order valence-electron chi connectivity index (χ0n) is 9.69. The highest BCUT2D eigenvalue weighted by Crippen LogP contribution is 2.27. The van der Waals surface area contributed by atoms with Crippen LogP contribution < -0.4 is 0 Å². The van der Waals surface area contributed by atoms with E-state index in [2.05, 4.69) is 28.7 Å². The van der Waals surface area contributed by atoms with Gasteiger partial charge in [-0.05, 0) is 51.9 Å². The lowest BCUT2D eigenvalue weighted by Gasteiger charge is -1.97. The van der Waals surface area contributed by atoms with Gasteiger partial charge in [0.05, 0.1) is 0 Å². The van der Waals surface area contributed by atoms with Crippen molar-refractivity contribution in [3.8, 4) is 0 Å². The predicted octanol–water partition coefficient (Wildman–Crippen LogP) is 4.11. The first-order valence-corrected chi connectivity index (χ1v) is 6.91. The van der Waals surface area contributed by atoms with Gasteiger partial charge in [0, 0.05) is 21.1 Å². The first-order chi connectivity index (χ1) is 8.74. The molecular weight excluding hydrogens is 335 g/mol. The molecule has 0 N–H and O–H groups in total. The van der Waals surface area contributed by atoms with E-state index in [0.717, 1.165) is 28.7 Å². The number of hydrogen-bond acceptors (Lipinski definition) is 1. The van der Waals surface area contributed by atoms with E-state index >= 15 is 0 Å². The van der Waals surface area contributed by atoms with Crippen LogP contribution in [0.3, 0.4) is 0 Å². The SMILES string of the molecule is O=C1/C(=C/c2cccc(I)c2)Cc2ccccc21. The van der Waals surface area contributed by atoms with Crippen LogP contribution in [-0.4, -0.2) is 5.78 Å². The fraction of sp³-hybridized carbons (Fsp3) is 0.0625. The Morgan fingerprint density at radius 3 is 2.67 bits per heavy atom. The van der Waals surface area contributed by atoms with Crippen LogP contribution in [0.5, 0.6) is 0 Å². The molecule has 0 atom stereocenters. The summed E-state index contributed by atoms with van der Waals surface area (Å²) in [5.41, 5.74) is 3.98. The molecule has 0 aliphatic heterocycles. The Kier molecular flexibility index (Phi) is 3.04. The smallest absolute Gasteiger partial charge is 0.189 e. The summed E-state index contributed by atoms with van der Waals surface area (Å²) in [4.78, 5) is 12.2. The second kappa shape index (κ2) is 4.69. The van der Waals surface area contributed by atoms with E-state index < -0.39 is 0 Å². The Balaban J connectivity index is 1.99. The Labute approximate surface area is 120 Å². The summed E-state index contributed by atoms with van der Waals surface area (Å²) in [6, 6.07) is 16.0. The summed E-state index contributed by atoms with van der Waals surface area (Å²) < 4.78 is 1.19. The zero-order valence-corrected chi connectivity index (χ0v) is 11.8. The van der Waals surface area contributed by atoms with Gasteiger partial charge >= 0.3 is 0 Å². The van der Waals surface area contributed by atoms with E-state index in [-0.39, 0.29) is 5.78 Å². The highest BCUT2D eigenvalue weighted by molar-refractivity contribution is 14.1. The van der Waals surface area contributed by atoms with Crippen LogP contribution in [0, 0.1) is 3.57 Å². The Hall–Kier alpha value is -1.42. The van der Waals surface area contributed by atoms with Gasteiger partial charge in [-0.15, -0.1) is 0 Å². The number of carbonyl (C=O) groups is 1. The topological polar surface area (TPSA) is 17.1 Å². The van der Waals surface area contributed by atoms with Gasteiger partial charge in [-0.2, -0.15) is 0 Å². The Morgan fingerprint density at radius 2 is 1.89 bits per heavy atom. The van der Waals surface area contributed by atoms with Gasteiger partial charge in [0.2, 0.25) is 0 Å². The summed E-state index contributed by atoms with van der Waals surface area (Å²) in [5.74, 6) is 0.171. The van der Waals surface area contributed by atoms with Crippen molar-refractivity contribution in [2.75, 3.05) is 0 Å². The number of benzene rings is 2. The first kappa shape index (κ1) is 11.7. The lowest BCUT2D eigenvalue weighted by atomic mass is 10.1. The van der Waals surface area contributed by atoms with Crippen LogP contribution >= 0.6 is 22.6 Å². The monoisotopic (exact) mass is 346 g/mol. The van der Waals surface area contributed by atoms with Gasteiger partial charge in [-0.25, -0.2) is 0 Å². The molecule has 0 spiro atoms. The van der Waals surface area contributed by atoms with Crippen molar-refractivity contribution in [2.45, 2.75) is 6.42 Å². The van der Waals surface area contributed by atoms with E-state index in [1.807, 2.05) is 48.5 Å². The number of ketones is 1. The van der Waals surface area contributed by atoms with Crippen LogP contribution in [0.2, 0.25) is 0 Å². The van der Waals surface area contributed by atoms with Crippen LogP contribution in [0.25, 0.3) is 6.08 Å². The van der Waals surface area contributed by atoms with Crippen LogP contribution in [0.1, 0.15) is 21.5 Å². The maximum absolute atomic E-state index is 12.2. The molecule has 1 nitrogen and oxygen atoms in total. The van der Waals surface area contributed by atoms with E-state index in [9.17, 15) is 4.79 Å². The molecule has 2 heteroatoms. The molecular formula is C16H11IO. The largest absolute Gasteiger partial charge is 0.289 e. The van der Waals surface area contributed by atoms with Gasteiger partial charge in [0.25, 0.3) is 0 Å². The third kappa shape index (κ3) is 2.12. The molecule has 0 unspecified atom stereocenters. The number of carbonyl (C=O) groups excluding carboxylic acids is 1. The van der Waals surface area contributed by atoms with Crippen molar-refractivity contribution < 1.29 is 4.79 Å². The van der Waals surface area contributed by atoms with Gasteiger partial charge in [0.15, 0.2) is 5.78 Å². The second-order valence-corrected chi connectivity index (χ2v) is 5.63. The van der Waals surface area contributed by atoms with Gasteiger partial charge < -0.3 is 0 Å². The van der Waals surface area contributed by atoms with Crippen LogP contribution in [0.4, 0.5) is 0 Å². The number of fused-ring (bicyclic) bond motifs is 1. The van der Waals surface area contributed by atoms with Crippen molar-refractivity contribution in [2.24, 2.45) is 0 Å². The van der Waals surface area contributed by atoms with E-state index in [4.69, 9.17) is 0 Å². The number of allylic oxidation sites excluding steroid dienone is 1. The summed E-state index contributed by atoms with van der Waals surface area (Å²) >= 11 is 2.28. The maximum Gasteiger partial charge on any atom is 0.189 e. The summed E-state index contributed by atoms with van der Waals surface area (Å²) in [7, 11) is 0. The maximum atomic E-state index is 12.2. The molecule has 0 saturated heterocycles. The molecule has 0 fully saturated rings. The lowest BCUT2D eigenvalue weighted by molar-refractivity contribution is 0.104. The molecule has 1 aliphatic carbocycles. The standard InChI is InChI=1S/C16H11IO/c17-14-6-3-4-11(9-14)8-13-10-12-5-1-2-7-15(12)16(13)18/h1-9H,10H2/b13-8+. The highest BCUT2D eigenvalue weighted by atomic mass is 127. The van der Waals surface area contributed by atoms with Crippen molar-refractivity contribution in [3.05, 3.63) is 74.4 Å². The third-order valence-corrected chi connectivity index (χ3v) is 3.80. The second-order valence-electron chi connectivity index (χ2n) is 4.39. The molecule has 0 saturated carbocycles. The quantitative estimate of drug-likeness (QED) is 0.561. The molecule has 0 aromatic heterocycles.